The highest BCUT2D eigenvalue weighted by molar-refractivity contribution is 9.10. The van der Waals surface area contributed by atoms with Crippen LogP contribution in [0.3, 0.4) is 0 Å². The third-order valence-corrected chi connectivity index (χ3v) is 3.13. The first-order chi connectivity index (χ1) is 7.83. The van der Waals surface area contributed by atoms with Crippen molar-refractivity contribution in [3.8, 4) is 0 Å². The molecule has 3 aromatic rings. The first-order valence-corrected chi connectivity index (χ1v) is 6.00. The lowest BCUT2D eigenvalue weighted by atomic mass is 10.7. The Hall–Kier alpha value is -1.34. The Morgan fingerprint density at radius 2 is 2.25 bits per heavy atom. The number of hydrogen-bond acceptors (Lipinski definition) is 5. The van der Waals surface area contributed by atoms with Crippen LogP contribution in [0, 0.1) is 0 Å². The molecule has 0 fully saturated rings. The molecule has 80 valence electrons. The van der Waals surface area contributed by atoms with Crippen molar-refractivity contribution in [1.82, 2.24) is 19.4 Å². The highest BCUT2D eigenvalue weighted by Crippen LogP contribution is 2.28. The van der Waals surface area contributed by atoms with Crippen molar-refractivity contribution in [3.63, 3.8) is 0 Å². The maximum absolute atomic E-state index is 5.16. The van der Waals surface area contributed by atoms with Gasteiger partial charge in [-0.1, -0.05) is 0 Å². The van der Waals surface area contributed by atoms with Crippen molar-refractivity contribution < 1.29 is 4.42 Å². The number of rotatable bonds is 2. The topological polar surface area (TPSA) is 56.2 Å². The van der Waals surface area contributed by atoms with Gasteiger partial charge in [0.05, 0.1) is 6.20 Å². The van der Waals surface area contributed by atoms with E-state index in [4.69, 9.17) is 4.42 Å². The minimum absolute atomic E-state index is 0.551. The molecule has 3 rings (SSSR count). The number of fused-ring (bicyclic) bond motifs is 1. The second-order valence-electron chi connectivity index (χ2n) is 2.93. The standard InChI is InChI=1S/C9H5BrN4OS/c10-6-5-14-3-1-11-7(14)8(13-6)16-9-12-2-4-15-9/h1-5H. The molecule has 0 radical (unpaired) electrons. The summed E-state index contributed by atoms with van der Waals surface area (Å²) in [5.41, 5.74) is 0.784. The lowest BCUT2D eigenvalue weighted by Crippen LogP contribution is -1.91. The summed E-state index contributed by atoms with van der Waals surface area (Å²) >= 11 is 4.69. The van der Waals surface area contributed by atoms with Crippen molar-refractivity contribution in [2.24, 2.45) is 0 Å². The molecule has 0 spiro atoms. The Morgan fingerprint density at radius 3 is 3.06 bits per heavy atom. The molecule has 0 bridgehead atoms. The fraction of sp³-hybridized carbons (Fsp3) is 0. The zero-order valence-corrected chi connectivity index (χ0v) is 10.3. The van der Waals surface area contributed by atoms with Crippen molar-refractivity contribution in [2.75, 3.05) is 0 Å². The molecule has 7 heteroatoms. The maximum Gasteiger partial charge on any atom is 0.262 e. The fourth-order valence-corrected chi connectivity index (χ4v) is 2.58. The minimum atomic E-state index is 0.551. The van der Waals surface area contributed by atoms with E-state index in [1.54, 1.807) is 12.4 Å². The quantitative estimate of drug-likeness (QED) is 0.728. The fourth-order valence-electron chi connectivity index (χ4n) is 1.29. The Kier molecular flexibility index (Phi) is 2.41. The van der Waals surface area contributed by atoms with Crippen LogP contribution in [0.5, 0.6) is 0 Å². The van der Waals surface area contributed by atoms with E-state index in [1.807, 2.05) is 16.8 Å². The van der Waals surface area contributed by atoms with E-state index in [1.165, 1.54) is 18.0 Å². The molecular formula is C9H5BrN4OS. The van der Waals surface area contributed by atoms with Gasteiger partial charge in [-0.15, -0.1) is 0 Å². The van der Waals surface area contributed by atoms with Crippen LogP contribution in [0.15, 0.2) is 50.3 Å². The van der Waals surface area contributed by atoms with Gasteiger partial charge < -0.3 is 8.82 Å². The van der Waals surface area contributed by atoms with E-state index in [0.717, 1.165) is 15.3 Å². The minimum Gasteiger partial charge on any atom is -0.440 e. The van der Waals surface area contributed by atoms with E-state index >= 15 is 0 Å². The van der Waals surface area contributed by atoms with Crippen LogP contribution in [-0.4, -0.2) is 19.4 Å². The summed E-state index contributed by atoms with van der Waals surface area (Å²) in [7, 11) is 0. The molecule has 0 N–H and O–H groups in total. The van der Waals surface area contributed by atoms with Gasteiger partial charge in [-0.2, -0.15) is 0 Å². The highest BCUT2D eigenvalue weighted by Gasteiger charge is 2.10. The van der Waals surface area contributed by atoms with Gasteiger partial charge in [-0.05, 0) is 27.7 Å². The largest absolute Gasteiger partial charge is 0.440 e. The zero-order chi connectivity index (χ0) is 11.0. The number of aromatic nitrogens is 4. The van der Waals surface area contributed by atoms with Gasteiger partial charge in [0.1, 0.15) is 15.9 Å². The summed E-state index contributed by atoms with van der Waals surface area (Å²) < 4.78 is 7.80. The molecular weight excluding hydrogens is 292 g/mol. The van der Waals surface area contributed by atoms with Gasteiger partial charge in [0.2, 0.25) is 0 Å². The lowest BCUT2D eigenvalue weighted by molar-refractivity contribution is 0.454. The summed E-state index contributed by atoms with van der Waals surface area (Å²) in [4.78, 5) is 12.6. The van der Waals surface area contributed by atoms with Crippen molar-refractivity contribution in [1.29, 1.82) is 0 Å². The summed E-state index contributed by atoms with van der Waals surface area (Å²) in [6, 6.07) is 0. The van der Waals surface area contributed by atoms with Crippen molar-refractivity contribution in [3.05, 3.63) is 35.7 Å². The smallest absolute Gasteiger partial charge is 0.262 e. The molecule has 3 aromatic heterocycles. The number of hydrogen-bond donors (Lipinski definition) is 0. The predicted octanol–water partition coefficient (Wildman–Crippen LogP) is 2.63. The Bertz CT molecular complexity index is 622. The molecule has 3 heterocycles. The van der Waals surface area contributed by atoms with Gasteiger partial charge in [0.15, 0.2) is 5.65 Å². The van der Waals surface area contributed by atoms with Crippen LogP contribution in [0.25, 0.3) is 5.65 Å². The summed E-state index contributed by atoms with van der Waals surface area (Å²) in [6.07, 6.45) is 8.57. The molecule has 0 unspecified atom stereocenters. The molecule has 0 aliphatic heterocycles. The number of oxazole rings is 1. The van der Waals surface area contributed by atoms with Gasteiger partial charge in [-0.3, -0.25) is 0 Å². The highest BCUT2D eigenvalue weighted by atomic mass is 79.9. The van der Waals surface area contributed by atoms with Crippen molar-refractivity contribution >= 4 is 33.3 Å². The van der Waals surface area contributed by atoms with Gasteiger partial charge >= 0.3 is 0 Å². The third kappa shape index (κ3) is 1.72. The predicted molar refractivity (Wildman–Crippen MR) is 61.3 cm³/mol. The maximum atomic E-state index is 5.16. The molecule has 5 nitrogen and oxygen atoms in total. The molecule has 0 amide bonds. The summed E-state index contributed by atoms with van der Waals surface area (Å²) in [6.45, 7) is 0. The second-order valence-corrected chi connectivity index (χ2v) is 4.68. The SMILES string of the molecule is Brc1cn2ccnc2c(Sc2ncco2)n1. The molecule has 0 aliphatic carbocycles. The Labute approximate surface area is 103 Å². The Balaban J connectivity index is 2.11. The molecule has 0 aliphatic rings. The monoisotopic (exact) mass is 296 g/mol. The third-order valence-electron chi connectivity index (χ3n) is 1.91. The first kappa shape index (κ1) is 9.86. The number of imidazole rings is 1. The van der Waals surface area contributed by atoms with Gasteiger partial charge in [0.25, 0.3) is 5.22 Å². The molecule has 16 heavy (non-hydrogen) atoms. The normalized spacial score (nSPS) is 11.1. The van der Waals surface area contributed by atoms with Crippen LogP contribution in [0.1, 0.15) is 0 Å². The zero-order valence-electron chi connectivity index (χ0n) is 7.87. The summed E-state index contributed by atoms with van der Waals surface area (Å²) in [5.74, 6) is 0. The van der Waals surface area contributed by atoms with Crippen LogP contribution in [0.2, 0.25) is 0 Å². The molecule has 0 aromatic carbocycles. The average molecular weight is 297 g/mol. The van der Waals surface area contributed by atoms with Crippen molar-refractivity contribution in [2.45, 2.75) is 10.2 Å². The molecule has 0 saturated heterocycles. The van der Waals surface area contributed by atoms with Gasteiger partial charge in [-0.25, -0.2) is 15.0 Å². The first-order valence-electron chi connectivity index (χ1n) is 4.39. The van der Waals surface area contributed by atoms with Crippen LogP contribution < -0.4 is 0 Å². The second kappa shape index (κ2) is 3.91. The molecule has 0 saturated carbocycles. The summed E-state index contributed by atoms with van der Waals surface area (Å²) in [5, 5.41) is 1.30. The van der Waals surface area contributed by atoms with E-state index in [2.05, 4.69) is 30.9 Å². The lowest BCUT2D eigenvalue weighted by Gasteiger charge is -2.00. The van der Waals surface area contributed by atoms with Crippen LogP contribution in [0.4, 0.5) is 0 Å². The van der Waals surface area contributed by atoms with E-state index in [-0.39, 0.29) is 0 Å². The van der Waals surface area contributed by atoms with E-state index in [9.17, 15) is 0 Å². The molecule has 0 atom stereocenters. The Morgan fingerprint density at radius 1 is 1.31 bits per heavy atom. The number of halogens is 1. The van der Waals surface area contributed by atoms with Crippen LogP contribution in [-0.2, 0) is 0 Å². The number of nitrogens with zero attached hydrogens (tertiary/aromatic N) is 4. The van der Waals surface area contributed by atoms with Gasteiger partial charge in [0, 0.05) is 18.6 Å². The average Bonchev–Trinajstić information content (AvgIpc) is 2.87. The van der Waals surface area contributed by atoms with E-state index < -0.39 is 0 Å². The van der Waals surface area contributed by atoms with E-state index in [0.29, 0.717) is 5.22 Å². The van der Waals surface area contributed by atoms with Crippen LogP contribution >= 0.6 is 27.7 Å².